The van der Waals surface area contributed by atoms with E-state index in [-0.39, 0.29) is 5.60 Å². The minimum Gasteiger partial charge on any atom is -0.382 e. The highest BCUT2D eigenvalue weighted by Crippen LogP contribution is 2.27. The monoisotopic (exact) mass is 281 g/mol. The fourth-order valence-electron chi connectivity index (χ4n) is 2.98. The zero-order valence-corrected chi connectivity index (χ0v) is 12.8. The van der Waals surface area contributed by atoms with Gasteiger partial charge >= 0.3 is 0 Å². The Morgan fingerprint density at radius 3 is 2.29 bits per heavy atom. The first-order chi connectivity index (χ1) is 10.1. The van der Waals surface area contributed by atoms with Gasteiger partial charge in [0, 0.05) is 18.3 Å². The summed E-state index contributed by atoms with van der Waals surface area (Å²) in [4.78, 5) is 0. The van der Waals surface area contributed by atoms with Crippen LogP contribution in [0.1, 0.15) is 26.7 Å². The molecule has 1 aliphatic heterocycles. The predicted molar refractivity (Wildman–Crippen MR) is 88.6 cm³/mol. The van der Waals surface area contributed by atoms with Gasteiger partial charge in [-0.3, -0.25) is 0 Å². The molecule has 2 aromatic carbocycles. The number of ether oxygens (including phenoxy) is 1. The second-order valence-corrected chi connectivity index (χ2v) is 6.39. The van der Waals surface area contributed by atoms with Gasteiger partial charge in [-0.2, -0.15) is 0 Å². The lowest BCUT2D eigenvalue weighted by atomic mass is 9.93. The molecule has 1 fully saturated rings. The largest absolute Gasteiger partial charge is 0.382 e. The molecule has 0 aromatic heterocycles. The van der Waals surface area contributed by atoms with Gasteiger partial charge in [0.2, 0.25) is 0 Å². The van der Waals surface area contributed by atoms with Crippen LogP contribution in [-0.4, -0.2) is 18.2 Å². The van der Waals surface area contributed by atoms with Gasteiger partial charge in [-0.05, 0) is 49.9 Å². The molecular weight excluding hydrogens is 258 g/mol. The van der Waals surface area contributed by atoms with Crippen LogP contribution in [0.5, 0.6) is 0 Å². The van der Waals surface area contributed by atoms with E-state index in [1.54, 1.807) is 0 Å². The summed E-state index contributed by atoms with van der Waals surface area (Å²) in [6.07, 6.45) is 2.12. The van der Waals surface area contributed by atoms with Gasteiger partial charge in [-0.25, -0.2) is 0 Å². The molecular formula is C19H23NO. The first kappa shape index (κ1) is 14.2. The topological polar surface area (TPSA) is 21.3 Å². The van der Waals surface area contributed by atoms with Crippen LogP contribution in [0.3, 0.4) is 0 Å². The summed E-state index contributed by atoms with van der Waals surface area (Å²) in [5.74, 6) is 0. The van der Waals surface area contributed by atoms with E-state index in [0.29, 0.717) is 6.04 Å². The average Bonchev–Trinajstić information content (AvgIpc) is 2.48. The first-order valence-corrected chi connectivity index (χ1v) is 7.68. The SMILES string of the molecule is CC1(C)CC(Nc2ccc(-c3ccccc3)cc2)CCO1. The number of hydrogen-bond donors (Lipinski definition) is 1. The molecule has 0 radical (unpaired) electrons. The van der Waals surface area contributed by atoms with Crippen molar-refractivity contribution in [1.82, 2.24) is 0 Å². The van der Waals surface area contributed by atoms with Gasteiger partial charge in [0.05, 0.1) is 5.60 Å². The molecule has 110 valence electrons. The molecule has 0 spiro atoms. The highest BCUT2D eigenvalue weighted by atomic mass is 16.5. The highest BCUT2D eigenvalue weighted by molar-refractivity contribution is 5.65. The van der Waals surface area contributed by atoms with Gasteiger partial charge < -0.3 is 10.1 Å². The van der Waals surface area contributed by atoms with E-state index >= 15 is 0 Å². The lowest BCUT2D eigenvalue weighted by Crippen LogP contribution is -2.40. The van der Waals surface area contributed by atoms with Gasteiger partial charge in [0.15, 0.2) is 0 Å². The fraction of sp³-hybridized carbons (Fsp3) is 0.368. The molecule has 0 bridgehead atoms. The van der Waals surface area contributed by atoms with Crippen molar-refractivity contribution in [2.24, 2.45) is 0 Å². The van der Waals surface area contributed by atoms with Gasteiger partial charge in [0.1, 0.15) is 0 Å². The number of benzene rings is 2. The van der Waals surface area contributed by atoms with Crippen LogP contribution in [0.25, 0.3) is 11.1 Å². The van der Waals surface area contributed by atoms with Crippen LogP contribution in [0.15, 0.2) is 54.6 Å². The van der Waals surface area contributed by atoms with Crippen molar-refractivity contribution >= 4 is 5.69 Å². The number of rotatable bonds is 3. The van der Waals surface area contributed by atoms with Crippen LogP contribution >= 0.6 is 0 Å². The van der Waals surface area contributed by atoms with Gasteiger partial charge in [0.25, 0.3) is 0 Å². The minimum absolute atomic E-state index is 0.0140. The average molecular weight is 281 g/mol. The maximum Gasteiger partial charge on any atom is 0.0646 e. The van der Waals surface area contributed by atoms with Crippen LogP contribution in [0.2, 0.25) is 0 Å². The molecule has 1 unspecified atom stereocenters. The molecule has 1 heterocycles. The van der Waals surface area contributed by atoms with Crippen molar-refractivity contribution in [2.75, 3.05) is 11.9 Å². The van der Waals surface area contributed by atoms with E-state index in [1.165, 1.54) is 16.8 Å². The predicted octanol–water partition coefficient (Wildman–Crippen LogP) is 4.72. The Kier molecular flexibility index (Phi) is 3.98. The zero-order chi connectivity index (χ0) is 14.7. The molecule has 0 saturated carbocycles. The maximum absolute atomic E-state index is 5.77. The van der Waals surface area contributed by atoms with Crippen LogP contribution < -0.4 is 5.32 Å². The van der Waals surface area contributed by atoms with Crippen molar-refractivity contribution in [1.29, 1.82) is 0 Å². The molecule has 1 N–H and O–H groups in total. The lowest BCUT2D eigenvalue weighted by Gasteiger charge is -2.36. The maximum atomic E-state index is 5.77. The van der Waals surface area contributed by atoms with E-state index < -0.39 is 0 Å². The van der Waals surface area contributed by atoms with E-state index in [1.807, 2.05) is 6.07 Å². The summed E-state index contributed by atoms with van der Waals surface area (Å²) in [5.41, 5.74) is 3.70. The van der Waals surface area contributed by atoms with Gasteiger partial charge in [-0.1, -0.05) is 42.5 Å². The Hall–Kier alpha value is -1.80. The normalized spacial score (nSPS) is 21.0. The quantitative estimate of drug-likeness (QED) is 0.878. The zero-order valence-electron chi connectivity index (χ0n) is 12.8. The van der Waals surface area contributed by atoms with E-state index in [0.717, 1.165) is 19.4 Å². The van der Waals surface area contributed by atoms with Crippen molar-refractivity contribution in [3.8, 4) is 11.1 Å². The standard InChI is InChI=1S/C19H23NO/c1-19(2)14-18(12-13-21-19)20-17-10-8-16(9-11-17)15-6-4-3-5-7-15/h3-11,18,20H,12-14H2,1-2H3. The molecule has 3 rings (SSSR count). The van der Waals surface area contributed by atoms with E-state index in [2.05, 4.69) is 67.7 Å². The number of nitrogens with one attached hydrogen (secondary N) is 1. The molecule has 2 heteroatoms. The molecule has 0 aliphatic carbocycles. The molecule has 1 atom stereocenters. The van der Waals surface area contributed by atoms with Crippen molar-refractivity contribution < 1.29 is 4.74 Å². The third-order valence-corrected chi connectivity index (χ3v) is 4.06. The Morgan fingerprint density at radius 1 is 0.952 bits per heavy atom. The molecule has 2 aromatic rings. The second kappa shape index (κ2) is 5.90. The Bertz CT molecular complexity index is 574. The number of anilines is 1. The van der Waals surface area contributed by atoms with Crippen molar-refractivity contribution in [3.63, 3.8) is 0 Å². The Labute approximate surface area is 127 Å². The van der Waals surface area contributed by atoms with Crippen molar-refractivity contribution in [2.45, 2.75) is 38.3 Å². The Morgan fingerprint density at radius 2 is 1.62 bits per heavy atom. The highest BCUT2D eigenvalue weighted by Gasteiger charge is 2.28. The third kappa shape index (κ3) is 3.64. The summed E-state index contributed by atoms with van der Waals surface area (Å²) in [6, 6.07) is 19.7. The van der Waals surface area contributed by atoms with Crippen LogP contribution in [-0.2, 0) is 4.74 Å². The molecule has 1 aliphatic rings. The van der Waals surface area contributed by atoms with Crippen LogP contribution in [0.4, 0.5) is 5.69 Å². The smallest absolute Gasteiger partial charge is 0.0646 e. The Balaban J connectivity index is 1.67. The summed E-state index contributed by atoms with van der Waals surface area (Å²) >= 11 is 0. The minimum atomic E-state index is -0.0140. The lowest BCUT2D eigenvalue weighted by molar-refractivity contribution is -0.0553. The fourth-order valence-corrected chi connectivity index (χ4v) is 2.98. The summed E-state index contributed by atoms with van der Waals surface area (Å²) in [6.45, 7) is 5.17. The number of hydrogen-bond acceptors (Lipinski definition) is 2. The summed E-state index contributed by atoms with van der Waals surface area (Å²) in [7, 11) is 0. The van der Waals surface area contributed by atoms with Crippen molar-refractivity contribution in [3.05, 3.63) is 54.6 Å². The van der Waals surface area contributed by atoms with E-state index in [9.17, 15) is 0 Å². The third-order valence-electron chi connectivity index (χ3n) is 4.06. The molecule has 21 heavy (non-hydrogen) atoms. The summed E-state index contributed by atoms with van der Waals surface area (Å²) in [5, 5.41) is 3.64. The van der Waals surface area contributed by atoms with Crippen LogP contribution in [0, 0.1) is 0 Å². The molecule has 2 nitrogen and oxygen atoms in total. The molecule has 1 saturated heterocycles. The first-order valence-electron chi connectivity index (χ1n) is 7.68. The summed E-state index contributed by atoms with van der Waals surface area (Å²) < 4.78 is 5.77. The van der Waals surface area contributed by atoms with Gasteiger partial charge in [-0.15, -0.1) is 0 Å². The second-order valence-electron chi connectivity index (χ2n) is 6.39. The molecule has 0 amide bonds. The van der Waals surface area contributed by atoms with E-state index in [4.69, 9.17) is 4.74 Å².